The van der Waals surface area contributed by atoms with E-state index in [0.29, 0.717) is 6.54 Å². The molecule has 1 heterocycles. The van der Waals surface area contributed by atoms with Gasteiger partial charge < -0.3 is 15.4 Å². The molecule has 1 saturated carbocycles. The molecule has 0 radical (unpaired) electrons. The third kappa shape index (κ3) is 6.37. The third-order valence-corrected chi connectivity index (χ3v) is 5.12. The molecule has 1 aliphatic carbocycles. The quantitative estimate of drug-likeness (QED) is 0.497. The van der Waals surface area contributed by atoms with Gasteiger partial charge in [0.05, 0.1) is 23.9 Å². The van der Waals surface area contributed by atoms with E-state index in [1.807, 2.05) is 6.92 Å². The second kappa shape index (κ2) is 9.96. The Morgan fingerprint density at radius 3 is 2.71 bits per heavy atom. The Morgan fingerprint density at radius 1 is 1.33 bits per heavy atom. The predicted octanol–water partition coefficient (Wildman–Crippen LogP) is 1.93. The summed E-state index contributed by atoms with van der Waals surface area (Å²) in [6.45, 7) is 11.5. The van der Waals surface area contributed by atoms with Crippen LogP contribution in [0.2, 0.25) is 0 Å². The highest BCUT2D eigenvalue weighted by Crippen LogP contribution is 2.26. The van der Waals surface area contributed by atoms with Crippen LogP contribution >= 0.6 is 11.3 Å². The van der Waals surface area contributed by atoms with Gasteiger partial charge in [0.25, 0.3) is 0 Å². The summed E-state index contributed by atoms with van der Waals surface area (Å²) in [4.78, 5) is 12.9. The van der Waals surface area contributed by atoms with Crippen LogP contribution in [0.3, 0.4) is 0 Å². The van der Waals surface area contributed by atoms with E-state index in [0.717, 1.165) is 55.5 Å². The zero-order chi connectivity index (χ0) is 17.4. The zero-order valence-corrected chi connectivity index (χ0v) is 16.2. The molecule has 136 valence electrons. The Morgan fingerprint density at radius 2 is 2.12 bits per heavy atom. The molecule has 0 saturated heterocycles. The van der Waals surface area contributed by atoms with Crippen molar-refractivity contribution in [1.29, 1.82) is 0 Å². The van der Waals surface area contributed by atoms with E-state index < -0.39 is 0 Å². The Hall–Kier alpha value is -1.18. The van der Waals surface area contributed by atoms with Gasteiger partial charge in [-0.1, -0.05) is 0 Å². The molecule has 0 aliphatic heterocycles. The van der Waals surface area contributed by atoms with Gasteiger partial charge in [0.15, 0.2) is 5.96 Å². The first-order chi connectivity index (χ1) is 11.6. The first-order valence-electron chi connectivity index (χ1n) is 8.82. The molecule has 0 spiro atoms. The maximum atomic E-state index is 5.21. The molecule has 2 N–H and O–H groups in total. The monoisotopic (exact) mass is 353 g/mol. The lowest BCUT2D eigenvalue weighted by Crippen LogP contribution is -2.42. The summed E-state index contributed by atoms with van der Waals surface area (Å²) < 4.78 is 5.21. The summed E-state index contributed by atoms with van der Waals surface area (Å²) >= 11 is 1.73. The van der Waals surface area contributed by atoms with E-state index >= 15 is 0 Å². The number of aromatic nitrogens is 1. The van der Waals surface area contributed by atoms with E-state index in [4.69, 9.17) is 9.73 Å². The Bertz CT molecular complexity index is 527. The first kappa shape index (κ1) is 19.1. The molecule has 2 rings (SSSR count). The van der Waals surface area contributed by atoms with Crippen molar-refractivity contribution in [3.63, 3.8) is 0 Å². The Balaban J connectivity index is 1.81. The molecular formula is C17H31N5OS. The van der Waals surface area contributed by atoms with Crippen molar-refractivity contribution >= 4 is 17.3 Å². The lowest BCUT2D eigenvalue weighted by atomic mass is 10.4. The van der Waals surface area contributed by atoms with Crippen LogP contribution in [0.5, 0.6) is 0 Å². The molecule has 7 heteroatoms. The van der Waals surface area contributed by atoms with Gasteiger partial charge in [0.1, 0.15) is 0 Å². The van der Waals surface area contributed by atoms with Gasteiger partial charge in [0, 0.05) is 44.2 Å². The van der Waals surface area contributed by atoms with E-state index in [1.165, 1.54) is 17.7 Å². The molecule has 1 aromatic rings. The number of aliphatic imine (C=N–C) groups is 1. The number of aryl methyl sites for hydroxylation is 2. The summed E-state index contributed by atoms with van der Waals surface area (Å²) in [7, 11) is 1.77. The fourth-order valence-corrected chi connectivity index (χ4v) is 3.52. The average Bonchev–Trinajstić information content (AvgIpc) is 3.33. The molecule has 0 bridgehead atoms. The van der Waals surface area contributed by atoms with Crippen molar-refractivity contribution in [2.24, 2.45) is 4.99 Å². The highest BCUT2D eigenvalue weighted by molar-refractivity contribution is 7.11. The van der Waals surface area contributed by atoms with Crippen LogP contribution in [-0.2, 0) is 11.3 Å². The smallest absolute Gasteiger partial charge is 0.191 e. The van der Waals surface area contributed by atoms with Crippen molar-refractivity contribution in [2.75, 3.05) is 39.9 Å². The van der Waals surface area contributed by atoms with Crippen molar-refractivity contribution in [3.05, 3.63) is 15.6 Å². The van der Waals surface area contributed by atoms with Crippen molar-refractivity contribution < 1.29 is 4.74 Å². The summed E-state index contributed by atoms with van der Waals surface area (Å²) in [5.41, 5.74) is 1.09. The molecule has 0 aromatic carbocycles. The molecular weight excluding hydrogens is 322 g/mol. The number of methoxy groups -OCH3 is 1. The largest absolute Gasteiger partial charge is 0.383 e. The number of thiazole rings is 1. The minimum Gasteiger partial charge on any atom is -0.383 e. The fourth-order valence-electron chi connectivity index (χ4n) is 2.66. The van der Waals surface area contributed by atoms with Gasteiger partial charge in [-0.05, 0) is 33.6 Å². The maximum Gasteiger partial charge on any atom is 0.191 e. The van der Waals surface area contributed by atoms with Crippen LogP contribution in [0, 0.1) is 13.8 Å². The minimum atomic E-state index is 0.683. The Kier molecular flexibility index (Phi) is 7.94. The predicted molar refractivity (Wildman–Crippen MR) is 101 cm³/mol. The number of nitrogens with zero attached hydrogens (tertiary/aromatic N) is 3. The second-order valence-corrected chi connectivity index (χ2v) is 7.41. The summed E-state index contributed by atoms with van der Waals surface area (Å²) in [5, 5.41) is 7.87. The molecule has 1 aromatic heterocycles. The molecule has 0 amide bonds. The minimum absolute atomic E-state index is 0.683. The van der Waals surface area contributed by atoms with Gasteiger partial charge in [-0.3, -0.25) is 4.90 Å². The van der Waals surface area contributed by atoms with E-state index in [2.05, 4.69) is 34.4 Å². The van der Waals surface area contributed by atoms with Gasteiger partial charge >= 0.3 is 0 Å². The maximum absolute atomic E-state index is 5.21. The topological polar surface area (TPSA) is 61.8 Å². The van der Waals surface area contributed by atoms with E-state index in [9.17, 15) is 0 Å². The normalized spacial score (nSPS) is 15.1. The SMILES string of the molecule is CCNC(=NCc1sc(C)nc1C)NCCN(CCOC)C1CC1. The van der Waals surface area contributed by atoms with Crippen molar-refractivity contribution in [2.45, 2.75) is 46.2 Å². The molecule has 1 fully saturated rings. The van der Waals surface area contributed by atoms with Gasteiger partial charge in [-0.15, -0.1) is 11.3 Å². The van der Waals surface area contributed by atoms with Crippen LogP contribution in [0.15, 0.2) is 4.99 Å². The molecule has 24 heavy (non-hydrogen) atoms. The average molecular weight is 354 g/mol. The fraction of sp³-hybridized carbons (Fsp3) is 0.765. The number of hydrogen-bond donors (Lipinski definition) is 2. The summed E-state index contributed by atoms with van der Waals surface area (Å²) in [6, 6.07) is 0.754. The number of rotatable bonds is 10. The van der Waals surface area contributed by atoms with Gasteiger partial charge in [-0.25, -0.2) is 9.98 Å². The first-order valence-corrected chi connectivity index (χ1v) is 9.63. The van der Waals surface area contributed by atoms with Gasteiger partial charge in [0.2, 0.25) is 0 Å². The lowest BCUT2D eigenvalue weighted by molar-refractivity contribution is 0.144. The van der Waals surface area contributed by atoms with Crippen molar-refractivity contribution in [1.82, 2.24) is 20.5 Å². The number of nitrogens with one attached hydrogen (secondary N) is 2. The highest BCUT2D eigenvalue weighted by atomic mass is 32.1. The second-order valence-electron chi connectivity index (χ2n) is 6.12. The Labute approximate surface area is 149 Å². The molecule has 0 unspecified atom stereocenters. The van der Waals surface area contributed by atoms with Crippen molar-refractivity contribution in [3.8, 4) is 0 Å². The van der Waals surface area contributed by atoms with Crippen LogP contribution in [0.1, 0.15) is 35.3 Å². The summed E-state index contributed by atoms with van der Waals surface area (Å²) in [5.74, 6) is 0.880. The number of guanidine groups is 1. The van der Waals surface area contributed by atoms with Gasteiger partial charge in [-0.2, -0.15) is 0 Å². The zero-order valence-electron chi connectivity index (χ0n) is 15.4. The van der Waals surface area contributed by atoms with Crippen LogP contribution < -0.4 is 10.6 Å². The van der Waals surface area contributed by atoms with Crippen LogP contribution in [0.25, 0.3) is 0 Å². The lowest BCUT2D eigenvalue weighted by Gasteiger charge is -2.22. The summed E-state index contributed by atoms with van der Waals surface area (Å²) in [6.07, 6.45) is 2.64. The number of hydrogen-bond acceptors (Lipinski definition) is 5. The highest BCUT2D eigenvalue weighted by Gasteiger charge is 2.28. The van der Waals surface area contributed by atoms with Crippen LogP contribution in [0.4, 0.5) is 0 Å². The standard InChI is InChI=1S/C17H31N5OS/c1-5-18-17(20-12-16-13(2)21-14(3)24-16)19-8-9-22(10-11-23-4)15-6-7-15/h15H,5-12H2,1-4H3,(H2,18,19,20). The number of ether oxygens (including phenoxy) is 1. The molecule has 0 atom stereocenters. The van der Waals surface area contributed by atoms with E-state index in [-0.39, 0.29) is 0 Å². The van der Waals surface area contributed by atoms with Crippen LogP contribution in [-0.4, -0.2) is 61.8 Å². The third-order valence-electron chi connectivity index (χ3n) is 4.06. The van der Waals surface area contributed by atoms with E-state index in [1.54, 1.807) is 18.4 Å². The molecule has 6 nitrogen and oxygen atoms in total. The molecule has 1 aliphatic rings.